The van der Waals surface area contributed by atoms with Crippen molar-refractivity contribution < 1.29 is 17.9 Å². The Bertz CT molecular complexity index is 1090. The summed E-state index contributed by atoms with van der Waals surface area (Å²) < 4.78 is 33.8. The molecule has 2 saturated heterocycles. The number of halogens is 1. The summed E-state index contributed by atoms with van der Waals surface area (Å²) in [4.78, 5) is 15.8. The van der Waals surface area contributed by atoms with Gasteiger partial charge in [0, 0.05) is 58.3 Å². The fourth-order valence-electron chi connectivity index (χ4n) is 4.35. The average Bonchev–Trinajstić information content (AvgIpc) is 3.42. The fraction of sp³-hybridized carbons (Fsp3) is 0.522. The van der Waals surface area contributed by atoms with Crippen LogP contribution >= 0.6 is 22.9 Å². The third kappa shape index (κ3) is 6.71. The normalized spacial score (nSPS) is 20.1. The van der Waals surface area contributed by atoms with Crippen LogP contribution in [0.25, 0.3) is 0 Å². The molecule has 1 aromatic carbocycles. The van der Waals surface area contributed by atoms with Crippen LogP contribution in [-0.4, -0.2) is 87.4 Å². The van der Waals surface area contributed by atoms with Gasteiger partial charge < -0.3 is 15.0 Å². The lowest BCUT2D eigenvalue weighted by Crippen LogP contribution is -2.49. The maximum atomic E-state index is 12.7. The van der Waals surface area contributed by atoms with Crippen LogP contribution < -0.4 is 10.1 Å². The van der Waals surface area contributed by atoms with Crippen molar-refractivity contribution in [2.45, 2.75) is 29.6 Å². The van der Waals surface area contributed by atoms with Crippen LogP contribution in [0.3, 0.4) is 0 Å². The van der Waals surface area contributed by atoms with Gasteiger partial charge in [0.25, 0.3) is 10.0 Å². The van der Waals surface area contributed by atoms with Crippen molar-refractivity contribution >= 4 is 38.9 Å². The van der Waals surface area contributed by atoms with Crippen LogP contribution in [-0.2, 0) is 21.4 Å². The van der Waals surface area contributed by atoms with Gasteiger partial charge in [-0.3, -0.25) is 9.69 Å². The molecule has 8 nitrogen and oxygen atoms in total. The number of hydrogen-bond acceptors (Lipinski definition) is 7. The zero-order valence-corrected chi connectivity index (χ0v) is 21.7. The van der Waals surface area contributed by atoms with Crippen LogP contribution in [0.5, 0.6) is 5.75 Å². The second-order valence-electron chi connectivity index (χ2n) is 8.80. The van der Waals surface area contributed by atoms with Gasteiger partial charge in [-0.2, -0.15) is 4.31 Å². The smallest absolute Gasteiger partial charge is 0.252 e. The quantitative estimate of drug-likeness (QED) is 0.512. The number of ether oxygens (including phenoxy) is 1. The molecule has 0 radical (unpaired) electrons. The van der Waals surface area contributed by atoms with E-state index in [1.54, 1.807) is 12.1 Å². The Balaban J connectivity index is 1.19. The third-order valence-electron chi connectivity index (χ3n) is 6.12. The Labute approximate surface area is 210 Å². The summed E-state index contributed by atoms with van der Waals surface area (Å²) in [5.41, 5.74) is 1.16. The van der Waals surface area contributed by atoms with Crippen molar-refractivity contribution in [3.05, 3.63) is 46.3 Å². The molecule has 11 heteroatoms. The number of sulfonamides is 1. The van der Waals surface area contributed by atoms with Crippen molar-refractivity contribution in [1.82, 2.24) is 19.4 Å². The number of hydrogen-bond donors (Lipinski definition) is 1. The number of likely N-dealkylation sites (N-methyl/N-ethyl adjacent to an activating group) is 1. The molecule has 2 aromatic rings. The lowest BCUT2D eigenvalue weighted by Gasteiger charge is -2.33. The van der Waals surface area contributed by atoms with Gasteiger partial charge in [0.15, 0.2) is 0 Å². The Hall–Kier alpha value is -1.69. The minimum atomic E-state index is -3.47. The van der Waals surface area contributed by atoms with Gasteiger partial charge in [0.2, 0.25) is 5.91 Å². The van der Waals surface area contributed by atoms with Gasteiger partial charge in [-0.1, -0.05) is 23.7 Å². The second kappa shape index (κ2) is 11.4. The van der Waals surface area contributed by atoms with Crippen LogP contribution in [0.2, 0.25) is 4.34 Å². The van der Waals surface area contributed by atoms with Crippen molar-refractivity contribution in [1.29, 1.82) is 0 Å². The highest BCUT2D eigenvalue weighted by atomic mass is 35.5. The van der Waals surface area contributed by atoms with Gasteiger partial charge in [-0.25, -0.2) is 8.42 Å². The number of benzene rings is 1. The zero-order chi connectivity index (χ0) is 24.1. The molecule has 1 atom stereocenters. The van der Waals surface area contributed by atoms with E-state index >= 15 is 0 Å². The maximum Gasteiger partial charge on any atom is 0.252 e. The van der Waals surface area contributed by atoms with Gasteiger partial charge in [0.1, 0.15) is 16.6 Å². The van der Waals surface area contributed by atoms with E-state index in [2.05, 4.69) is 34.3 Å². The molecule has 34 heavy (non-hydrogen) atoms. The van der Waals surface area contributed by atoms with Gasteiger partial charge in [0.05, 0.1) is 4.34 Å². The highest BCUT2D eigenvalue weighted by molar-refractivity contribution is 7.91. The lowest BCUT2D eigenvalue weighted by atomic mass is 10.1. The SMILES string of the molecule is CN(Cc1cccc(OCCN2CCN(S(=O)(=O)c3ccc(Cl)s3)CC2)c1)C[C@@H]1CCC(=O)N1. The number of carbonyl (C=O) groups is 1. The maximum absolute atomic E-state index is 12.7. The summed E-state index contributed by atoms with van der Waals surface area (Å²) >= 11 is 7.00. The van der Waals surface area contributed by atoms with Crippen molar-refractivity contribution in [2.75, 3.05) is 52.9 Å². The van der Waals surface area contributed by atoms with E-state index in [1.165, 1.54) is 4.31 Å². The monoisotopic (exact) mass is 526 g/mol. The molecule has 0 unspecified atom stereocenters. The van der Waals surface area contributed by atoms with Crippen LogP contribution in [0, 0.1) is 0 Å². The van der Waals surface area contributed by atoms with Crippen molar-refractivity contribution in [3.8, 4) is 5.75 Å². The molecular weight excluding hydrogens is 496 g/mol. The molecule has 1 aromatic heterocycles. The molecule has 0 spiro atoms. The first kappa shape index (κ1) is 25.4. The molecule has 1 amide bonds. The first-order valence-electron chi connectivity index (χ1n) is 11.5. The summed E-state index contributed by atoms with van der Waals surface area (Å²) in [6.45, 7) is 5.16. The minimum Gasteiger partial charge on any atom is -0.492 e. The summed E-state index contributed by atoms with van der Waals surface area (Å²) in [5.74, 6) is 0.972. The number of rotatable bonds is 10. The Morgan fingerprint density at radius 1 is 1.21 bits per heavy atom. The largest absolute Gasteiger partial charge is 0.492 e. The number of carbonyl (C=O) groups excluding carboxylic acids is 1. The minimum absolute atomic E-state index is 0.143. The highest BCUT2D eigenvalue weighted by Gasteiger charge is 2.29. The summed E-state index contributed by atoms with van der Waals surface area (Å²) in [7, 11) is -1.41. The number of piperazine rings is 1. The van der Waals surface area contributed by atoms with Crippen LogP contribution in [0.15, 0.2) is 40.6 Å². The van der Waals surface area contributed by atoms with Gasteiger partial charge >= 0.3 is 0 Å². The first-order chi connectivity index (χ1) is 16.3. The van der Waals surface area contributed by atoms with E-state index in [0.29, 0.717) is 47.8 Å². The van der Waals surface area contributed by atoms with E-state index in [0.717, 1.165) is 48.7 Å². The highest BCUT2D eigenvalue weighted by Crippen LogP contribution is 2.28. The standard InChI is InChI=1S/C23H31ClN4O4S2/c1-26(17-19-5-7-22(29)25-19)16-18-3-2-4-20(15-18)32-14-13-27-9-11-28(12-10-27)34(30,31)23-8-6-21(24)33-23/h2-4,6,8,15,19H,5,7,9-14,16-17H2,1H3,(H,25,29)/t19-/m0/s1. The molecular formula is C23H31ClN4O4S2. The zero-order valence-electron chi connectivity index (χ0n) is 19.3. The fourth-order valence-corrected chi connectivity index (χ4v) is 7.41. The molecule has 2 aliphatic rings. The molecule has 0 bridgehead atoms. The first-order valence-corrected chi connectivity index (χ1v) is 14.1. The van der Waals surface area contributed by atoms with Crippen LogP contribution in [0.1, 0.15) is 18.4 Å². The average molecular weight is 527 g/mol. The number of amides is 1. The predicted octanol–water partition coefficient (Wildman–Crippen LogP) is 2.50. The third-order valence-corrected chi connectivity index (χ3v) is 9.72. The molecule has 0 aliphatic carbocycles. The summed E-state index contributed by atoms with van der Waals surface area (Å²) in [6.07, 6.45) is 1.52. The van der Waals surface area contributed by atoms with Gasteiger partial charge in [-0.05, 0) is 43.3 Å². The topological polar surface area (TPSA) is 82.2 Å². The van der Waals surface area contributed by atoms with E-state index in [1.807, 2.05) is 12.1 Å². The lowest BCUT2D eigenvalue weighted by molar-refractivity contribution is -0.119. The number of nitrogens with one attached hydrogen (secondary N) is 1. The molecule has 1 N–H and O–H groups in total. The molecule has 2 fully saturated rings. The van der Waals surface area contributed by atoms with E-state index in [9.17, 15) is 13.2 Å². The molecule has 3 heterocycles. The Morgan fingerprint density at radius 3 is 2.68 bits per heavy atom. The molecule has 4 rings (SSSR count). The number of nitrogens with zero attached hydrogens (tertiary/aromatic N) is 3. The van der Waals surface area contributed by atoms with E-state index in [4.69, 9.17) is 16.3 Å². The van der Waals surface area contributed by atoms with E-state index in [-0.39, 0.29) is 11.9 Å². The number of thiophene rings is 1. The van der Waals surface area contributed by atoms with Crippen molar-refractivity contribution in [3.63, 3.8) is 0 Å². The van der Waals surface area contributed by atoms with Gasteiger partial charge in [-0.15, -0.1) is 11.3 Å². The second-order valence-corrected chi connectivity index (χ2v) is 12.7. The van der Waals surface area contributed by atoms with Crippen LogP contribution in [0.4, 0.5) is 0 Å². The molecule has 186 valence electrons. The van der Waals surface area contributed by atoms with E-state index < -0.39 is 10.0 Å². The molecule has 2 aliphatic heterocycles. The predicted molar refractivity (Wildman–Crippen MR) is 134 cm³/mol. The molecule has 0 saturated carbocycles. The van der Waals surface area contributed by atoms with Crippen molar-refractivity contribution in [2.24, 2.45) is 0 Å². The Kier molecular flexibility index (Phi) is 8.49. The Morgan fingerprint density at radius 2 is 2.00 bits per heavy atom. The summed E-state index contributed by atoms with van der Waals surface area (Å²) in [5, 5.41) is 3.01. The summed E-state index contributed by atoms with van der Waals surface area (Å²) in [6, 6.07) is 11.5.